The van der Waals surface area contributed by atoms with Gasteiger partial charge in [-0.1, -0.05) is 13.0 Å². The Hall–Kier alpha value is -2.80. The molecule has 1 aromatic heterocycles. The minimum atomic E-state index is 0.0440. The average molecular weight is 409 g/mol. The van der Waals surface area contributed by atoms with Crippen LogP contribution in [0.3, 0.4) is 0 Å². The molecule has 0 aliphatic carbocycles. The van der Waals surface area contributed by atoms with Crippen LogP contribution in [0.25, 0.3) is 11.1 Å². The molecule has 1 aromatic carbocycles. The minimum absolute atomic E-state index is 0.0440. The Labute approximate surface area is 178 Å². The smallest absolute Gasteiger partial charge is 0.219 e. The van der Waals surface area contributed by atoms with E-state index in [1.54, 1.807) is 6.92 Å². The van der Waals surface area contributed by atoms with Crippen molar-refractivity contribution < 1.29 is 4.79 Å². The van der Waals surface area contributed by atoms with Gasteiger partial charge < -0.3 is 15.1 Å². The second-order valence-corrected chi connectivity index (χ2v) is 8.37. The Morgan fingerprint density at radius 3 is 2.70 bits per heavy atom. The van der Waals surface area contributed by atoms with E-state index in [0.29, 0.717) is 12.5 Å². The van der Waals surface area contributed by atoms with Crippen molar-refractivity contribution in [1.29, 1.82) is 0 Å². The number of anilines is 1. The van der Waals surface area contributed by atoms with Crippen LogP contribution in [0.15, 0.2) is 41.9 Å². The molecule has 0 saturated carbocycles. The maximum Gasteiger partial charge on any atom is 0.219 e. The summed E-state index contributed by atoms with van der Waals surface area (Å²) in [5.74, 6) is 0.562. The number of rotatable bonds is 5. The first kappa shape index (κ1) is 20.5. The summed E-state index contributed by atoms with van der Waals surface area (Å²) in [6.07, 6.45) is 4.87. The lowest BCUT2D eigenvalue weighted by atomic mass is 9.99. The fourth-order valence-electron chi connectivity index (χ4n) is 4.81. The quantitative estimate of drug-likeness (QED) is 0.795. The van der Waals surface area contributed by atoms with Crippen molar-refractivity contribution >= 4 is 11.6 Å². The maximum absolute atomic E-state index is 12.0. The molecule has 30 heavy (non-hydrogen) atoms. The van der Waals surface area contributed by atoms with Crippen LogP contribution in [-0.2, 0) is 11.8 Å². The zero-order valence-corrected chi connectivity index (χ0v) is 18.6. The summed E-state index contributed by atoms with van der Waals surface area (Å²) < 4.78 is 1.84. The van der Waals surface area contributed by atoms with E-state index in [1.807, 2.05) is 36.9 Å². The van der Waals surface area contributed by atoms with Crippen LogP contribution in [0.5, 0.6) is 0 Å². The Kier molecular flexibility index (Phi) is 5.56. The topological polar surface area (TPSA) is 65.4 Å². The number of likely N-dealkylation sites (N-methyl/N-ethyl adjacent to an activating group) is 1. The van der Waals surface area contributed by atoms with Crippen molar-refractivity contribution in [2.75, 3.05) is 38.6 Å². The highest BCUT2D eigenvalue weighted by atomic mass is 16.2. The third kappa shape index (κ3) is 3.58. The third-order valence-electron chi connectivity index (χ3n) is 6.42. The lowest BCUT2D eigenvalue weighted by Crippen LogP contribution is -2.51. The van der Waals surface area contributed by atoms with Crippen molar-refractivity contribution in [2.45, 2.75) is 32.4 Å². The molecule has 3 heterocycles. The number of hydrogen-bond acceptors (Lipinski definition) is 5. The van der Waals surface area contributed by atoms with E-state index in [-0.39, 0.29) is 12.1 Å². The molecule has 2 aliphatic rings. The monoisotopic (exact) mass is 408 g/mol. The molecule has 0 fully saturated rings. The van der Waals surface area contributed by atoms with Gasteiger partial charge in [0, 0.05) is 81.7 Å². The number of carbonyl (C=O) groups excluding carboxylic acids is 1. The fraction of sp³-hybridized carbons (Fsp3) is 0.478. The van der Waals surface area contributed by atoms with Gasteiger partial charge in [-0.25, -0.2) is 0 Å². The van der Waals surface area contributed by atoms with Crippen LogP contribution in [0.2, 0.25) is 0 Å². The highest BCUT2D eigenvalue weighted by Crippen LogP contribution is 2.40. The molecule has 0 saturated heterocycles. The minimum Gasteiger partial charge on any atom is -0.391 e. The summed E-state index contributed by atoms with van der Waals surface area (Å²) >= 11 is 0. The number of hydrogen-bond donors (Lipinski definition) is 2. The van der Waals surface area contributed by atoms with E-state index in [1.165, 1.54) is 28.1 Å². The molecule has 2 N–H and O–H groups in total. The zero-order valence-electron chi connectivity index (χ0n) is 18.6. The Morgan fingerprint density at radius 2 is 2.07 bits per heavy atom. The molecule has 0 bridgehead atoms. The van der Waals surface area contributed by atoms with E-state index in [4.69, 9.17) is 0 Å². The van der Waals surface area contributed by atoms with E-state index in [9.17, 15) is 4.79 Å². The molecule has 7 heteroatoms. The van der Waals surface area contributed by atoms with Crippen molar-refractivity contribution in [1.82, 2.24) is 25.3 Å². The van der Waals surface area contributed by atoms with Crippen LogP contribution in [0.4, 0.5) is 5.69 Å². The molecule has 0 radical (unpaired) electrons. The standard InChI is InChI=1S/C23H32N6O/c1-15-12-29(22-7-6-17(10-19(15)22)18-11-26-27(5)13-18)23(25-4)20-14-28(16(2)30)9-8-21(20)24-3/h6-7,10-11,13,15,23-25H,8-9,12,14H2,1-5H3. The number of nitrogens with one attached hydrogen (secondary N) is 2. The first-order chi connectivity index (χ1) is 14.4. The van der Waals surface area contributed by atoms with E-state index >= 15 is 0 Å². The predicted molar refractivity (Wildman–Crippen MR) is 120 cm³/mol. The van der Waals surface area contributed by atoms with Gasteiger partial charge in [0.25, 0.3) is 0 Å². The van der Waals surface area contributed by atoms with E-state index in [2.05, 4.69) is 52.0 Å². The molecular weight excluding hydrogens is 376 g/mol. The molecule has 2 atom stereocenters. The summed E-state index contributed by atoms with van der Waals surface area (Å²) in [4.78, 5) is 16.4. The lowest BCUT2D eigenvalue weighted by molar-refractivity contribution is -0.128. The molecule has 2 aromatic rings. The van der Waals surface area contributed by atoms with Gasteiger partial charge in [-0.3, -0.25) is 14.8 Å². The Morgan fingerprint density at radius 1 is 1.27 bits per heavy atom. The zero-order chi connectivity index (χ0) is 21.4. The maximum atomic E-state index is 12.0. The number of aromatic nitrogens is 2. The number of benzene rings is 1. The highest BCUT2D eigenvalue weighted by Gasteiger charge is 2.35. The van der Waals surface area contributed by atoms with Gasteiger partial charge in [0.1, 0.15) is 6.17 Å². The van der Waals surface area contributed by atoms with Gasteiger partial charge in [0.15, 0.2) is 0 Å². The summed E-state index contributed by atoms with van der Waals surface area (Å²) in [5.41, 5.74) is 7.45. The van der Waals surface area contributed by atoms with Gasteiger partial charge in [0.05, 0.1) is 6.20 Å². The number of nitrogens with zero attached hydrogens (tertiary/aromatic N) is 4. The van der Waals surface area contributed by atoms with E-state index < -0.39 is 0 Å². The Balaban J connectivity index is 1.69. The van der Waals surface area contributed by atoms with Crippen molar-refractivity contribution in [3.05, 3.63) is 47.4 Å². The predicted octanol–water partition coefficient (Wildman–Crippen LogP) is 2.28. The van der Waals surface area contributed by atoms with Gasteiger partial charge in [-0.15, -0.1) is 0 Å². The largest absolute Gasteiger partial charge is 0.391 e. The van der Waals surface area contributed by atoms with Gasteiger partial charge in [-0.05, 0) is 30.3 Å². The van der Waals surface area contributed by atoms with Crippen molar-refractivity contribution in [3.63, 3.8) is 0 Å². The molecule has 1 amide bonds. The van der Waals surface area contributed by atoms with Crippen LogP contribution >= 0.6 is 0 Å². The van der Waals surface area contributed by atoms with Crippen LogP contribution in [0.1, 0.15) is 31.7 Å². The van der Waals surface area contributed by atoms with Gasteiger partial charge >= 0.3 is 0 Å². The van der Waals surface area contributed by atoms with Crippen molar-refractivity contribution in [3.8, 4) is 11.1 Å². The fourth-order valence-corrected chi connectivity index (χ4v) is 4.81. The Bertz CT molecular complexity index is 978. The summed E-state index contributed by atoms with van der Waals surface area (Å²) in [5, 5.41) is 11.2. The number of amides is 1. The summed E-state index contributed by atoms with van der Waals surface area (Å²) in [7, 11) is 5.93. The average Bonchev–Trinajstić information content (AvgIpc) is 3.32. The lowest BCUT2D eigenvalue weighted by Gasteiger charge is -2.38. The van der Waals surface area contributed by atoms with Gasteiger partial charge in [-0.2, -0.15) is 5.10 Å². The van der Waals surface area contributed by atoms with Gasteiger partial charge in [0.2, 0.25) is 5.91 Å². The first-order valence-corrected chi connectivity index (χ1v) is 10.6. The molecular formula is C23H32N6O. The number of fused-ring (bicyclic) bond motifs is 1. The van der Waals surface area contributed by atoms with Crippen molar-refractivity contribution in [2.24, 2.45) is 7.05 Å². The van der Waals surface area contributed by atoms with Crippen LogP contribution in [0, 0.1) is 0 Å². The SMILES string of the molecule is CNC1=C(C(NC)N2CC(C)c3cc(-c4cnn(C)c4)ccc32)CN(C(C)=O)CC1. The summed E-state index contributed by atoms with van der Waals surface area (Å²) in [6.45, 7) is 6.31. The molecule has 2 unspecified atom stereocenters. The number of carbonyl (C=O) groups is 1. The summed E-state index contributed by atoms with van der Waals surface area (Å²) in [6, 6.07) is 6.72. The molecule has 4 rings (SSSR count). The number of aryl methyl sites for hydroxylation is 1. The molecule has 160 valence electrons. The van der Waals surface area contributed by atoms with Crippen LogP contribution < -0.4 is 15.5 Å². The van der Waals surface area contributed by atoms with E-state index in [0.717, 1.165) is 25.1 Å². The van der Waals surface area contributed by atoms with Crippen LogP contribution in [-0.4, -0.2) is 60.5 Å². The molecule has 0 spiro atoms. The second kappa shape index (κ2) is 8.14. The third-order valence-corrected chi connectivity index (χ3v) is 6.42. The second-order valence-electron chi connectivity index (χ2n) is 8.37. The highest BCUT2D eigenvalue weighted by molar-refractivity contribution is 5.74. The first-order valence-electron chi connectivity index (χ1n) is 10.6. The molecule has 7 nitrogen and oxygen atoms in total. The molecule has 2 aliphatic heterocycles. The normalized spacial score (nSPS) is 19.8.